The highest BCUT2D eigenvalue weighted by Gasteiger charge is 2.12. The molecule has 2 aliphatic rings. The summed E-state index contributed by atoms with van der Waals surface area (Å²) in [5.74, 6) is 0. The largest absolute Gasteiger partial charge is 0.300 e. The average molecular weight is 256 g/mol. The minimum atomic E-state index is 0.479. The van der Waals surface area contributed by atoms with E-state index in [-0.39, 0.29) is 0 Å². The molecule has 102 valence electrons. The maximum atomic E-state index is 3.39. The summed E-state index contributed by atoms with van der Waals surface area (Å²) in [6.07, 6.45) is 10.6. The van der Waals surface area contributed by atoms with Gasteiger partial charge in [0.05, 0.1) is 6.17 Å². The van der Waals surface area contributed by atoms with E-state index in [1.165, 1.54) is 24.0 Å². The summed E-state index contributed by atoms with van der Waals surface area (Å²) in [6, 6.07) is 10.6. The fourth-order valence-electron chi connectivity index (χ4n) is 2.28. The zero-order chi connectivity index (χ0) is 13.3. The van der Waals surface area contributed by atoms with Crippen molar-refractivity contribution in [1.82, 2.24) is 10.6 Å². The Morgan fingerprint density at radius 2 is 1.84 bits per heavy atom. The van der Waals surface area contributed by atoms with Gasteiger partial charge in [-0.1, -0.05) is 54.1 Å². The molecule has 2 nitrogen and oxygen atoms in total. The van der Waals surface area contributed by atoms with E-state index in [9.17, 15) is 0 Å². The quantitative estimate of drug-likeness (QED) is 0.850. The second-order valence-electron chi connectivity index (χ2n) is 5.13. The summed E-state index contributed by atoms with van der Waals surface area (Å²) < 4.78 is 0. The van der Waals surface area contributed by atoms with E-state index in [0.717, 1.165) is 19.5 Å². The lowest BCUT2D eigenvalue weighted by Gasteiger charge is -2.09. The van der Waals surface area contributed by atoms with E-state index in [4.69, 9.17) is 0 Å². The zero-order valence-corrected chi connectivity index (χ0v) is 11.7. The highest BCUT2D eigenvalue weighted by Crippen LogP contribution is 2.08. The van der Waals surface area contributed by atoms with E-state index in [0.29, 0.717) is 6.17 Å². The van der Waals surface area contributed by atoms with Crippen LogP contribution >= 0.6 is 0 Å². The van der Waals surface area contributed by atoms with E-state index in [1.807, 2.05) is 0 Å². The SMILES string of the molecule is CC1=CC=CCC1.c1ccc(CC2NCCN2)cc1. The number of hydrogen-bond donors (Lipinski definition) is 2. The Labute approximate surface area is 116 Å². The minimum absolute atomic E-state index is 0.479. The Balaban J connectivity index is 0.000000163. The summed E-state index contributed by atoms with van der Waals surface area (Å²) >= 11 is 0. The fourth-order valence-corrected chi connectivity index (χ4v) is 2.28. The van der Waals surface area contributed by atoms with Crippen LogP contribution in [0, 0.1) is 0 Å². The molecule has 1 fully saturated rings. The first-order valence-corrected chi connectivity index (χ1v) is 7.17. The van der Waals surface area contributed by atoms with Crippen LogP contribution in [0.15, 0.2) is 54.1 Å². The van der Waals surface area contributed by atoms with Gasteiger partial charge in [-0.05, 0) is 25.3 Å². The molecule has 2 N–H and O–H groups in total. The Morgan fingerprint density at radius 1 is 1.11 bits per heavy atom. The molecule has 0 spiro atoms. The molecule has 0 amide bonds. The standard InChI is InChI=1S/C10H14N2.C7H10/c1-2-4-9(5-3-1)8-10-11-6-7-12-10;1-7-5-3-2-4-6-7/h1-5,10-12H,6-8H2;2-3,5H,4,6H2,1H3. The van der Waals surface area contributed by atoms with Crippen molar-refractivity contribution in [2.24, 2.45) is 0 Å². The minimum Gasteiger partial charge on any atom is -0.300 e. The van der Waals surface area contributed by atoms with Gasteiger partial charge < -0.3 is 10.6 Å². The second-order valence-corrected chi connectivity index (χ2v) is 5.13. The lowest BCUT2D eigenvalue weighted by molar-refractivity contribution is 0.551. The number of hydrogen-bond acceptors (Lipinski definition) is 2. The van der Waals surface area contributed by atoms with Crippen LogP contribution < -0.4 is 10.6 Å². The first-order valence-electron chi connectivity index (χ1n) is 7.17. The number of benzene rings is 1. The monoisotopic (exact) mass is 256 g/mol. The molecule has 0 radical (unpaired) electrons. The first kappa shape index (κ1) is 14.0. The van der Waals surface area contributed by atoms with Gasteiger partial charge in [0.15, 0.2) is 0 Å². The molecule has 0 saturated carbocycles. The highest BCUT2D eigenvalue weighted by molar-refractivity contribution is 5.16. The third-order valence-corrected chi connectivity index (χ3v) is 3.41. The molecule has 0 aromatic heterocycles. The molecule has 19 heavy (non-hydrogen) atoms. The predicted octanol–water partition coefficient (Wildman–Crippen LogP) is 3.03. The van der Waals surface area contributed by atoms with Gasteiger partial charge in [0.1, 0.15) is 0 Å². The lowest BCUT2D eigenvalue weighted by Crippen LogP contribution is -2.32. The summed E-state index contributed by atoms with van der Waals surface area (Å²) in [6.45, 7) is 4.36. The van der Waals surface area contributed by atoms with Crippen LogP contribution in [0.3, 0.4) is 0 Å². The van der Waals surface area contributed by atoms with E-state index < -0.39 is 0 Å². The van der Waals surface area contributed by atoms with Crippen LogP contribution in [0.25, 0.3) is 0 Å². The average Bonchev–Trinajstić information content (AvgIpc) is 2.94. The van der Waals surface area contributed by atoms with Crippen molar-refractivity contribution >= 4 is 0 Å². The van der Waals surface area contributed by atoms with Gasteiger partial charge in [-0.3, -0.25) is 0 Å². The molecule has 2 heteroatoms. The van der Waals surface area contributed by atoms with Crippen molar-refractivity contribution in [2.45, 2.75) is 32.4 Å². The summed E-state index contributed by atoms with van der Waals surface area (Å²) in [5, 5.41) is 6.79. The van der Waals surface area contributed by atoms with Crippen molar-refractivity contribution in [2.75, 3.05) is 13.1 Å². The molecule has 1 aliphatic heterocycles. The third kappa shape index (κ3) is 5.41. The van der Waals surface area contributed by atoms with Crippen LogP contribution in [0.1, 0.15) is 25.3 Å². The normalized spacial score (nSPS) is 18.7. The van der Waals surface area contributed by atoms with Crippen molar-refractivity contribution in [3.63, 3.8) is 0 Å². The highest BCUT2D eigenvalue weighted by atomic mass is 15.2. The molecule has 1 aliphatic carbocycles. The topological polar surface area (TPSA) is 24.1 Å². The second kappa shape index (κ2) is 7.93. The molecule has 1 heterocycles. The van der Waals surface area contributed by atoms with E-state index in [2.05, 4.69) is 66.1 Å². The van der Waals surface area contributed by atoms with Gasteiger partial charge in [-0.25, -0.2) is 0 Å². The van der Waals surface area contributed by atoms with Crippen LogP contribution in [0.4, 0.5) is 0 Å². The van der Waals surface area contributed by atoms with Crippen LogP contribution in [0.2, 0.25) is 0 Å². The van der Waals surface area contributed by atoms with Crippen LogP contribution in [0.5, 0.6) is 0 Å². The maximum Gasteiger partial charge on any atom is 0.0614 e. The molecule has 1 saturated heterocycles. The molecule has 1 aromatic carbocycles. The van der Waals surface area contributed by atoms with Crippen molar-refractivity contribution in [3.05, 3.63) is 59.7 Å². The van der Waals surface area contributed by atoms with Crippen molar-refractivity contribution in [3.8, 4) is 0 Å². The van der Waals surface area contributed by atoms with Gasteiger partial charge in [0.25, 0.3) is 0 Å². The van der Waals surface area contributed by atoms with E-state index in [1.54, 1.807) is 0 Å². The zero-order valence-electron chi connectivity index (χ0n) is 11.7. The molecule has 3 rings (SSSR count). The fraction of sp³-hybridized carbons (Fsp3) is 0.412. The third-order valence-electron chi connectivity index (χ3n) is 3.41. The number of rotatable bonds is 2. The molecule has 0 unspecified atom stereocenters. The van der Waals surface area contributed by atoms with E-state index >= 15 is 0 Å². The summed E-state index contributed by atoms with van der Waals surface area (Å²) in [4.78, 5) is 0. The smallest absolute Gasteiger partial charge is 0.0614 e. The van der Waals surface area contributed by atoms with Gasteiger partial charge in [0, 0.05) is 19.5 Å². The number of allylic oxidation sites excluding steroid dienone is 4. The molecule has 1 aromatic rings. The molecule has 0 bridgehead atoms. The Kier molecular flexibility index (Phi) is 5.86. The summed E-state index contributed by atoms with van der Waals surface area (Å²) in [7, 11) is 0. The van der Waals surface area contributed by atoms with Gasteiger partial charge >= 0.3 is 0 Å². The maximum absolute atomic E-state index is 3.39. The number of nitrogens with one attached hydrogen (secondary N) is 2. The predicted molar refractivity (Wildman–Crippen MR) is 82.1 cm³/mol. The summed E-state index contributed by atoms with van der Waals surface area (Å²) in [5.41, 5.74) is 2.90. The molecular weight excluding hydrogens is 232 g/mol. The first-order chi connectivity index (χ1) is 9.34. The van der Waals surface area contributed by atoms with Crippen molar-refractivity contribution < 1.29 is 0 Å². The Hall–Kier alpha value is -1.38. The van der Waals surface area contributed by atoms with Crippen molar-refractivity contribution in [1.29, 1.82) is 0 Å². The molecular formula is C17H24N2. The van der Waals surface area contributed by atoms with Crippen LogP contribution in [-0.2, 0) is 6.42 Å². The lowest BCUT2D eigenvalue weighted by atomic mass is 10.1. The van der Waals surface area contributed by atoms with Gasteiger partial charge in [-0.15, -0.1) is 0 Å². The Bertz CT molecular complexity index is 414. The van der Waals surface area contributed by atoms with Gasteiger partial charge in [0.2, 0.25) is 0 Å². The molecule has 0 atom stereocenters. The Morgan fingerprint density at radius 3 is 2.37 bits per heavy atom. The van der Waals surface area contributed by atoms with Crippen LogP contribution in [-0.4, -0.2) is 19.3 Å². The van der Waals surface area contributed by atoms with Gasteiger partial charge in [-0.2, -0.15) is 0 Å².